The van der Waals surface area contributed by atoms with Crippen molar-refractivity contribution in [1.82, 2.24) is 10.3 Å². The van der Waals surface area contributed by atoms with Gasteiger partial charge in [-0.2, -0.15) is 0 Å². The van der Waals surface area contributed by atoms with Crippen LogP contribution in [-0.2, 0) is 13.0 Å². The zero-order valence-corrected chi connectivity index (χ0v) is 12.0. The molecule has 1 aromatic carbocycles. The molecule has 2 aliphatic rings. The summed E-state index contributed by atoms with van der Waals surface area (Å²) in [7, 11) is 0. The Morgan fingerprint density at radius 3 is 2.95 bits per heavy atom. The highest BCUT2D eigenvalue weighted by atomic mass is 19.1. The number of rotatable bonds is 4. The molecule has 0 saturated heterocycles. The molecule has 1 heterocycles. The van der Waals surface area contributed by atoms with Crippen LogP contribution in [0.1, 0.15) is 47.6 Å². The number of pyridine rings is 1. The second kappa shape index (κ2) is 5.23. The van der Waals surface area contributed by atoms with E-state index in [9.17, 15) is 4.39 Å². The minimum Gasteiger partial charge on any atom is -0.310 e. The topological polar surface area (TPSA) is 24.9 Å². The van der Waals surface area contributed by atoms with Crippen LogP contribution in [0.4, 0.5) is 4.39 Å². The Labute approximate surface area is 124 Å². The molecule has 0 bridgehead atoms. The fraction of sp³-hybridized carbons (Fsp3) is 0.389. The standard InChI is InChI=1S/C18H19FN2/c19-17-8-4-13(10-14(17)11-21-15-5-6-15)16-7-3-12-2-1-9-20-18(12)16/h1-2,4,8-10,15-16,21H,3,5-7,11H2. The number of aryl methyl sites for hydroxylation is 1. The van der Waals surface area contributed by atoms with Crippen LogP contribution in [0.25, 0.3) is 0 Å². The van der Waals surface area contributed by atoms with Crippen molar-refractivity contribution in [2.24, 2.45) is 0 Å². The molecular weight excluding hydrogens is 263 g/mol. The van der Waals surface area contributed by atoms with Crippen LogP contribution < -0.4 is 5.32 Å². The zero-order chi connectivity index (χ0) is 14.2. The van der Waals surface area contributed by atoms with Crippen molar-refractivity contribution in [3.8, 4) is 0 Å². The van der Waals surface area contributed by atoms with E-state index >= 15 is 0 Å². The van der Waals surface area contributed by atoms with Crippen LogP contribution in [0.15, 0.2) is 36.5 Å². The lowest BCUT2D eigenvalue weighted by atomic mass is 9.94. The van der Waals surface area contributed by atoms with Gasteiger partial charge in [-0.1, -0.05) is 18.2 Å². The maximum absolute atomic E-state index is 14.0. The van der Waals surface area contributed by atoms with E-state index in [-0.39, 0.29) is 5.82 Å². The molecular formula is C18H19FN2. The monoisotopic (exact) mass is 282 g/mol. The predicted molar refractivity (Wildman–Crippen MR) is 80.7 cm³/mol. The average Bonchev–Trinajstić information content (AvgIpc) is 3.24. The van der Waals surface area contributed by atoms with Gasteiger partial charge in [0.15, 0.2) is 0 Å². The summed E-state index contributed by atoms with van der Waals surface area (Å²) < 4.78 is 14.0. The molecule has 3 heteroatoms. The predicted octanol–water partition coefficient (Wildman–Crippen LogP) is 3.55. The Bertz CT molecular complexity index is 664. The van der Waals surface area contributed by atoms with Crippen LogP contribution in [0, 0.1) is 5.82 Å². The zero-order valence-electron chi connectivity index (χ0n) is 12.0. The molecule has 21 heavy (non-hydrogen) atoms. The summed E-state index contributed by atoms with van der Waals surface area (Å²) in [5.74, 6) is 0.215. The molecule has 108 valence electrons. The Balaban J connectivity index is 1.61. The second-order valence-corrected chi connectivity index (χ2v) is 6.15. The Morgan fingerprint density at radius 1 is 1.19 bits per heavy atom. The molecule has 0 radical (unpaired) electrons. The van der Waals surface area contributed by atoms with Crippen molar-refractivity contribution in [3.63, 3.8) is 0 Å². The van der Waals surface area contributed by atoms with E-state index in [0.29, 0.717) is 18.5 Å². The third-order valence-corrected chi connectivity index (χ3v) is 4.59. The molecule has 0 aliphatic heterocycles. The number of halogens is 1. The first-order valence-electron chi connectivity index (χ1n) is 7.77. The summed E-state index contributed by atoms with van der Waals surface area (Å²) in [6.45, 7) is 0.631. The van der Waals surface area contributed by atoms with E-state index in [4.69, 9.17) is 0 Å². The normalized spacial score (nSPS) is 20.5. The fourth-order valence-corrected chi connectivity index (χ4v) is 3.23. The molecule has 1 saturated carbocycles. The molecule has 1 fully saturated rings. The lowest BCUT2D eigenvalue weighted by Gasteiger charge is -2.13. The van der Waals surface area contributed by atoms with E-state index in [1.807, 2.05) is 24.4 Å². The largest absolute Gasteiger partial charge is 0.310 e. The van der Waals surface area contributed by atoms with Crippen molar-refractivity contribution in [1.29, 1.82) is 0 Å². The van der Waals surface area contributed by atoms with Gasteiger partial charge in [0.25, 0.3) is 0 Å². The second-order valence-electron chi connectivity index (χ2n) is 6.15. The maximum Gasteiger partial charge on any atom is 0.127 e. The Morgan fingerprint density at radius 2 is 2.10 bits per heavy atom. The summed E-state index contributed by atoms with van der Waals surface area (Å²) in [5.41, 5.74) is 4.49. The quantitative estimate of drug-likeness (QED) is 0.927. The molecule has 2 nitrogen and oxygen atoms in total. The van der Waals surface area contributed by atoms with Crippen molar-refractivity contribution in [3.05, 3.63) is 64.7 Å². The minimum atomic E-state index is -0.105. The summed E-state index contributed by atoms with van der Waals surface area (Å²) in [5, 5.41) is 3.40. The minimum absolute atomic E-state index is 0.105. The first kappa shape index (κ1) is 13.0. The lowest BCUT2D eigenvalue weighted by Crippen LogP contribution is -2.16. The van der Waals surface area contributed by atoms with Gasteiger partial charge in [-0.15, -0.1) is 0 Å². The van der Waals surface area contributed by atoms with E-state index in [0.717, 1.165) is 18.4 Å². The van der Waals surface area contributed by atoms with E-state index in [2.05, 4.69) is 16.4 Å². The van der Waals surface area contributed by atoms with Crippen molar-refractivity contribution in [2.45, 2.75) is 44.2 Å². The molecule has 1 atom stereocenters. The van der Waals surface area contributed by atoms with Gasteiger partial charge in [0.1, 0.15) is 5.82 Å². The highest BCUT2D eigenvalue weighted by molar-refractivity contribution is 5.39. The molecule has 2 aliphatic carbocycles. The molecule has 0 spiro atoms. The van der Waals surface area contributed by atoms with Gasteiger partial charge in [-0.3, -0.25) is 4.98 Å². The third-order valence-electron chi connectivity index (χ3n) is 4.59. The summed E-state index contributed by atoms with van der Waals surface area (Å²) in [6.07, 6.45) is 6.45. The number of nitrogens with one attached hydrogen (secondary N) is 1. The van der Waals surface area contributed by atoms with E-state index in [1.165, 1.54) is 29.7 Å². The maximum atomic E-state index is 14.0. The van der Waals surface area contributed by atoms with Crippen molar-refractivity contribution < 1.29 is 4.39 Å². The number of fused-ring (bicyclic) bond motifs is 1. The highest BCUT2D eigenvalue weighted by Gasteiger charge is 2.26. The SMILES string of the molecule is Fc1ccc(C2CCc3cccnc32)cc1CNC1CC1. The molecule has 1 N–H and O–H groups in total. The molecule has 1 aromatic heterocycles. The smallest absolute Gasteiger partial charge is 0.127 e. The van der Waals surface area contributed by atoms with Crippen molar-refractivity contribution in [2.75, 3.05) is 0 Å². The molecule has 4 rings (SSSR count). The van der Waals surface area contributed by atoms with Gasteiger partial charge in [0, 0.05) is 30.3 Å². The summed E-state index contributed by atoms with van der Waals surface area (Å²) >= 11 is 0. The third kappa shape index (κ3) is 2.58. The average molecular weight is 282 g/mol. The van der Waals surface area contributed by atoms with Gasteiger partial charge in [0.05, 0.1) is 5.69 Å². The highest BCUT2D eigenvalue weighted by Crippen LogP contribution is 2.37. The summed E-state index contributed by atoms with van der Waals surface area (Å²) in [4.78, 5) is 4.54. The Kier molecular flexibility index (Phi) is 3.23. The van der Waals surface area contributed by atoms with Gasteiger partial charge in [-0.05, 0) is 48.9 Å². The number of nitrogens with zero attached hydrogens (tertiary/aromatic N) is 1. The number of hydrogen-bond donors (Lipinski definition) is 1. The van der Waals surface area contributed by atoms with Gasteiger partial charge < -0.3 is 5.32 Å². The van der Waals surface area contributed by atoms with Crippen LogP contribution in [0.2, 0.25) is 0 Å². The molecule has 1 unspecified atom stereocenters. The van der Waals surface area contributed by atoms with Crippen LogP contribution >= 0.6 is 0 Å². The van der Waals surface area contributed by atoms with Crippen molar-refractivity contribution >= 4 is 0 Å². The van der Waals surface area contributed by atoms with Crippen LogP contribution in [0.3, 0.4) is 0 Å². The fourth-order valence-electron chi connectivity index (χ4n) is 3.23. The van der Waals surface area contributed by atoms with Gasteiger partial charge in [0.2, 0.25) is 0 Å². The number of aromatic nitrogens is 1. The number of hydrogen-bond acceptors (Lipinski definition) is 2. The van der Waals surface area contributed by atoms with Gasteiger partial charge >= 0.3 is 0 Å². The first-order chi connectivity index (χ1) is 10.3. The van der Waals surface area contributed by atoms with E-state index < -0.39 is 0 Å². The van der Waals surface area contributed by atoms with Gasteiger partial charge in [-0.25, -0.2) is 4.39 Å². The number of benzene rings is 1. The summed E-state index contributed by atoms with van der Waals surface area (Å²) in [6, 6.07) is 10.3. The van der Waals surface area contributed by atoms with Crippen LogP contribution in [0.5, 0.6) is 0 Å². The van der Waals surface area contributed by atoms with E-state index in [1.54, 1.807) is 6.07 Å². The van der Waals surface area contributed by atoms with Crippen LogP contribution in [-0.4, -0.2) is 11.0 Å². The lowest BCUT2D eigenvalue weighted by molar-refractivity contribution is 0.584. The molecule has 0 amide bonds. The first-order valence-corrected chi connectivity index (χ1v) is 7.77. The Hall–Kier alpha value is -1.74. The molecule has 2 aromatic rings.